The first kappa shape index (κ1) is 14.7. The monoisotopic (exact) mass is 322 g/mol. The van der Waals surface area contributed by atoms with Gasteiger partial charge in [0.2, 0.25) is 0 Å². The van der Waals surface area contributed by atoms with Crippen molar-refractivity contribution in [1.29, 1.82) is 0 Å². The topological polar surface area (TPSA) is 51.2 Å². The Labute approximate surface area is 137 Å². The lowest BCUT2D eigenvalue weighted by Crippen LogP contribution is -2.12. The van der Waals surface area contributed by atoms with Crippen LogP contribution in [0.2, 0.25) is 0 Å². The molecule has 0 radical (unpaired) electrons. The number of benzene rings is 2. The summed E-state index contributed by atoms with van der Waals surface area (Å²) in [6, 6.07) is 15.9. The fourth-order valence-corrected chi connectivity index (χ4v) is 2.64. The highest BCUT2D eigenvalue weighted by molar-refractivity contribution is 5.80. The molecule has 2 aromatic heterocycles. The molecule has 0 saturated heterocycles. The molecule has 4 nitrogen and oxygen atoms in total. The van der Waals surface area contributed by atoms with Crippen LogP contribution in [0.4, 0.5) is 4.39 Å². The zero-order chi connectivity index (χ0) is 16.4. The molecule has 0 fully saturated rings. The third-order valence-corrected chi connectivity index (χ3v) is 3.87. The molecule has 1 N–H and O–H groups in total. The zero-order valence-electron chi connectivity index (χ0n) is 12.8. The average molecular weight is 322 g/mol. The van der Waals surface area contributed by atoms with E-state index in [1.165, 1.54) is 12.1 Å². The Morgan fingerprint density at radius 1 is 1.00 bits per heavy atom. The molecule has 120 valence electrons. The van der Waals surface area contributed by atoms with E-state index < -0.39 is 0 Å². The van der Waals surface area contributed by atoms with Crippen LogP contribution in [0, 0.1) is 5.82 Å². The summed E-state index contributed by atoms with van der Waals surface area (Å²) < 4.78 is 23.8. The Morgan fingerprint density at radius 2 is 1.83 bits per heavy atom. The summed E-state index contributed by atoms with van der Waals surface area (Å²) in [6.45, 7) is 1.25. The molecule has 0 atom stereocenters. The molecule has 0 aliphatic heterocycles. The maximum atomic E-state index is 13.0. The number of hydrogen-bond donors (Lipinski definition) is 1. The van der Waals surface area contributed by atoms with E-state index in [1.54, 1.807) is 18.4 Å². The number of halogens is 1. The molecular weight excluding hydrogens is 307 g/mol. The number of nitrogens with zero attached hydrogens (tertiary/aromatic N) is 1. The lowest BCUT2D eigenvalue weighted by atomic mass is 10.1. The highest BCUT2D eigenvalue weighted by atomic mass is 19.1. The van der Waals surface area contributed by atoms with Crippen molar-refractivity contribution in [2.45, 2.75) is 13.1 Å². The predicted molar refractivity (Wildman–Crippen MR) is 88.7 cm³/mol. The predicted octanol–water partition coefficient (Wildman–Crippen LogP) is 4.52. The molecule has 5 heteroatoms. The standard InChI is InChI=1S/C19H15FN2O2/c20-15-7-5-13(6-8-15)19-9-16(22-24-19)11-21-10-14-12-23-18-4-2-1-3-17(14)18/h1-9,12,21H,10-11H2. The lowest BCUT2D eigenvalue weighted by molar-refractivity contribution is 0.420. The SMILES string of the molecule is Fc1ccc(-c2cc(CNCc3coc4ccccc34)no2)cc1. The Kier molecular flexibility index (Phi) is 3.84. The van der Waals surface area contributed by atoms with Crippen LogP contribution in [-0.4, -0.2) is 5.16 Å². The van der Waals surface area contributed by atoms with E-state index in [4.69, 9.17) is 8.94 Å². The van der Waals surface area contributed by atoms with Gasteiger partial charge in [-0.05, 0) is 30.3 Å². The van der Waals surface area contributed by atoms with Gasteiger partial charge in [0.15, 0.2) is 5.76 Å². The van der Waals surface area contributed by atoms with E-state index in [1.807, 2.05) is 30.3 Å². The molecule has 0 amide bonds. The first-order valence-electron chi connectivity index (χ1n) is 7.67. The van der Waals surface area contributed by atoms with Crippen molar-refractivity contribution in [2.24, 2.45) is 0 Å². The molecular formula is C19H15FN2O2. The van der Waals surface area contributed by atoms with E-state index in [9.17, 15) is 4.39 Å². The number of aromatic nitrogens is 1. The number of nitrogens with one attached hydrogen (secondary N) is 1. The van der Waals surface area contributed by atoms with Crippen LogP contribution >= 0.6 is 0 Å². The molecule has 4 aromatic rings. The quantitative estimate of drug-likeness (QED) is 0.587. The van der Waals surface area contributed by atoms with Crippen molar-refractivity contribution < 1.29 is 13.3 Å². The van der Waals surface area contributed by atoms with Gasteiger partial charge in [0, 0.05) is 35.7 Å². The lowest BCUT2D eigenvalue weighted by Gasteiger charge is -2.00. The van der Waals surface area contributed by atoms with Crippen molar-refractivity contribution in [2.75, 3.05) is 0 Å². The second-order valence-electron chi connectivity index (χ2n) is 5.55. The Bertz CT molecular complexity index is 957. The first-order valence-corrected chi connectivity index (χ1v) is 7.67. The fraction of sp³-hybridized carbons (Fsp3) is 0.105. The van der Waals surface area contributed by atoms with Crippen molar-refractivity contribution in [3.63, 3.8) is 0 Å². The molecule has 2 heterocycles. The summed E-state index contributed by atoms with van der Waals surface area (Å²) in [7, 11) is 0. The van der Waals surface area contributed by atoms with Gasteiger partial charge in [-0.2, -0.15) is 0 Å². The minimum Gasteiger partial charge on any atom is -0.464 e. The molecule has 24 heavy (non-hydrogen) atoms. The van der Waals surface area contributed by atoms with Gasteiger partial charge < -0.3 is 14.3 Å². The summed E-state index contributed by atoms with van der Waals surface area (Å²) >= 11 is 0. The highest BCUT2D eigenvalue weighted by Gasteiger charge is 2.08. The van der Waals surface area contributed by atoms with Gasteiger partial charge in [0.25, 0.3) is 0 Å². The summed E-state index contributed by atoms with van der Waals surface area (Å²) in [5, 5.41) is 8.48. The normalized spacial score (nSPS) is 11.2. The van der Waals surface area contributed by atoms with Crippen LogP contribution in [0.5, 0.6) is 0 Å². The van der Waals surface area contributed by atoms with E-state index in [0.717, 1.165) is 27.8 Å². The van der Waals surface area contributed by atoms with Gasteiger partial charge in [-0.25, -0.2) is 4.39 Å². The number of rotatable bonds is 5. The minimum atomic E-state index is -0.271. The third-order valence-electron chi connectivity index (χ3n) is 3.87. The van der Waals surface area contributed by atoms with Crippen LogP contribution in [0.15, 0.2) is 69.8 Å². The number of hydrogen-bond acceptors (Lipinski definition) is 4. The van der Waals surface area contributed by atoms with Crippen LogP contribution in [0.25, 0.3) is 22.3 Å². The number of furan rings is 1. The molecule has 0 bridgehead atoms. The second kappa shape index (κ2) is 6.29. The third kappa shape index (κ3) is 2.94. The van der Waals surface area contributed by atoms with Crippen LogP contribution in [0.1, 0.15) is 11.3 Å². The van der Waals surface area contributed by atoms with Gasteiger partial charge in [-0.15, -0.1) is 0 Å². The van der Waals surface area contributed by atoms with Gasteiger partial charge in [0.1, 0.15) is 11.4 Å². The number of para-hydroxylation sites is 1. The Hall–Kier alpha value is -2.92. The molecule has 2 aromatic carbocycles. The van der Waals surface area contributed by atoms with E-state index in [2.05, 4.69) is 10.5 Å². The largest absolute Gasteiger partial charge is 0.464 e. The molecule has 0 unspecified atom stereocenters. The summed E-state index contributed by atoms with van der Waals surface area (Å²) in [5.41, 5.74) is 3.58. The van der Waals surface area contributed by atoms with Gasteiger partial charge >= 0.3 is 0 Å². The average Bonchev–Trinajstić information content (AvgIpc) is 3.23. The molecule has 0 spiro atoms. The zero-order valence-corrected chi connectivity index (χ0v) is 12.8. The van der Waals surface area contributed by atoms with Crippen LogP contribution in [0.3, 0.4) is 0 Å². The first-order chi connectivity index (χ1) is 11.8. The van der Waals surface area contributed by atoms with Crippen LogP contribution < -0.4 is 5.32 Å². The van der Waals surface area contributed by atoms with Crippen LogP contribution in [-0.2, 0) is 13.1 Å². The maximum Gasteiger partial charge on any atom is 0.167 e. The molecule has 0 aliphatic carbocycles. The van der Waals surface area contributed by atoms with E-state index >= 15 is 0 Å². The fourth-order valence-electron chi connectivity index (χ4n) is 2.64. The Morgan fingerprint density at radius 3 is 2.71 bits per heavy atom. The van der Waals surface area contributed by atoms with Gasteiger partial charge in [-0.1, -0.05) is 23.4 Å². The Balaban J connectivity index is 1.41. The second-order valence-corrected chi connectivity index (χ2v) is 5.55. The smallest absolute Gasteiger partial charge is 0.167 e. The van der Waals surface area contributed by atoms with Crippen molar-refractivity contribution in [3.05, 3.63) is 77.9 Å². The van der Waals surface area contributed by atoms with Crippen molar-refractivity contribution in [1.82, 2.24) is 10.5 Å². The van der Waals surface area contributed by atoms with Crippen molar-refractivity contribution in [3.8, 4) is 11.3 Å². The van der Waals surface area contributed by atoms with Crippen molar-refractivity contribution >= 4 is 11.0 Å². The molecule has 4 rings (SSSR count). The minimum absolute atomic E-state index is 0.271. The van der Waals surface area contributed by atoms with E-state index in [-0.39, 0.29) is 5.82 Å². The summed E-state index contributed by atoms with van der Waals surface area (Å²) in [4.78, 5) is 0. The van der Waals surface area contributed by atoms with E-state index in [0.29, 0.717) is 18.8 Å². The molecule has 0 aliphatic rings. The highest BCUT2D eigenvalue weighted by Crippen LogP contribution is 2.22. The number of fused-ring (bicyclic) bond motifs is 1. The summed E-state index contributed by atoms with van der Waals surface area (Å²) in [6.07, 6.45) is 1.77. The molecule has 0 saturated carbocycles. The summed E-state index contributed by atoms with van der Waals surface area (Å²) in [5.74, 6) is 0.355. The van der Waals surface area contributed by atoms with Gasteiger partial charge in [0.05, 0.1) is 12.0 Å². The van der Waals surface area contributed by atoms with Gasteiger partial charge in [-0.3, -0.25) is 0 Å². The maximum absolute atomic E-state index is 13.0.